The Bertz CT molecular complexity index is 1550. The molecule has 2 saturated carbocycles. The molecular weight excluding hydrogens is 624 g/mol. The molecule has 1 aromatic carbocycles. The predicted octanol–water partition coefficient (Wildman–Crippen LogP) is 10.8. The highest BCUT2D eigenvalue weighted by Crippen LogP contribution is 2.57. The molecule has 6 rings (SSSR count). The van der Waals surface area contributed by atoms with Crippen LogP contribution in [0.5, 0.6) is 5.75 Å². The Balaban J connectivity index is 0.000000663. The van der Waals surface area contributed by atoms with Gasteiger partial charge in [0.1, 0.15) is 11.5 Å². The average molecular weight is 689 g/mol. The molecule has 6 heteroatoms. The molecule has 50 heavy (non-hydrogen) atoms. The highest BCUT2D eigenvalue weighted by atomic mass is 16.5. The smallest absolute Gasteiger partial charge is 0.308 e. The minimum atomic E-state index is -0.757. The molecule has 2 unspecified atom stereocenters. The highest BCUT2D eigenvalue weighted by molar-refractivity contribution is 5.97. The minimum absolute atomic E-state index is 0. The fraction of sp³-hybridized carbons (Fsp3) is 0.636. The number of ketones is 1. The number of allylic oxidation sites excluding steroid dienone is 6. The van der Waals surface area contributed by atoms with Crippen molar-refractivity contribution in [3.63, 3.8) is 0 Å². The third kappa shape index (κ3) is 8.49. The molecule has 3 fully saturated rings. The second kappa shape index (κ2) is 15.2. The number of rotatable bonds is 11. The highest BCUT2D eigenvalue weighted by Gasteiger charge is 2.46. The molecule has 0 bridgehead atoms. The summed E-state index contributed by atoms with van der Waals surface area (Å²) in [5, 5.41) is 8.25. The number of fused-ring (bicyclic) bond motifs is 1. The lowest BCUT2D eigenvalue weighted by Gasteiger charge is -2.30. The Labute approximate surface area is 302 Å². The number of hydrogen-bond donors (Lipinski definition) is 1. The van der Waals surface area contributed by atoms with E-state index in [1.165, 1.54) is 36.8 Å². The maximum atomic E-state index is 14.2. The van der Waals surface area contributed by atoms with Crippen LogP contribution in [0.25, 0.3) is 0 Å². The van der Waals surface area contributed by atoms with Gasteiger partial charge in [0.2, 0.25) is 0 Å². The van der Waals surface area contributed by atoms with E-state index in [2.05, 4.69) is 65.5 Å². The number of hydrogen-bond acceptors (Lipinski definition) is 5. The van der Waals surface area contributed by atoms with Crippen molar-refractivity contribution >= 4 is 11.8 Å². The molecule has 1 saturated heterocycles. The Morgan fingerprint density at radius 3 is 2.00 bits per heavy atom. The number of ether oxygens (including phenoxy) is 3. The van der Waals surface area contributed by atoms with Gasteiger partial charge in [-0.15, -0.1) is 0 Å². The van der Waals surface area contributed by atoms with Crippen LogP contribution in [0.3, 0.4) is 0 Å². The first-order valence-corrected chi connectivity index (χ1v) is 19.2. The maximum Gasteiger partial charge on any atom is 0.308 e. The summed E-state index contributed by atoms with van der Waals surface area (Å²) in [5.74, 6) is 3.30. The van der Waals surface area contributed by atoms with Crippen LogP contribution in [0.1, 0.15) is 142 Å². The van der Waals surface area contributed by atoms with Crippen molar-refractivity contribution in [3.8, 4) is 5.75 Å². The van der Waals surface area contributed by atoms with Gasteiger partial charge < -0.3 is 19.3 Å². The average Bonchev–Trinajstić information content (AvgIpc) is 4.01. The normalized spacial score (nSPS) is 22.8. The van der Waals surface area contributed by atoms with E-state index in [9.17, 15) is 9.59 Å². The molecule has 1 aliphatic heterocycles. The van der Waals surface area contributed by atoms with Crippen LogP contribution >= 0.6 is 0 Å². The summed E-state index contributed by atoms with van der Waals surface area (Å²) in [7, 11) is 1.76. The zero-order chi connectivity index (χ0) is 36.5. The summed E-state index contributed by atoms with van der Waals surface area (Å²) in [6, 6.07) is 4.23. The Kier molecular flexibility index (Phi) is 11.6. The molecule has 1 aromatic rings. The number of carbonyl (C=O) groups is 2. The van der Waals surface area contributed by atoms with Crippen molar-refractivity contribution in [2.24, 2.45) is 29.1 Å². The molecule has 6 nitrogen and oxygen atoms in total. The zero-order valence-electron chi connectivity index (χ0n) is 32.2. The molecule has 0 amide bonds. The molecular formula is C44H64O6. The lowest BCUT2D eigenvalue weighted by Crippen LogP contribution is -2.20. The number of Topliss-reactive ketones (excluding diaryl/α,β-unsaturated/α-hetero) is 1. The van der Waals surface area contributed by atoms with Crippen LogP contribution in [-0.4, -0.2) is 43.3 Å². The minimum Gasteiger partial charge on any atom is -0.496 e. The van der Waals surface area contributed by atoms with Gasteiger partial charge in [-0.1, -0.05) is 52.8 Å². The first kappa shape index (κ1) is 38.1. The Hall–Kier alpha value is -3.12. The lowest BCUT2D eigenvalue weighted by molar-refractivity contribution is -0.145. The molecule has 0 radical (unpaired) electrons. The van der Waals surface area contributed by atoms with E-state index < -0.39 is 11.4 Å². The summed E-state index contributed by atoms with van der Waals surface area (Å²) in [6.07, 6.45) is 14.5. The third-order valence-corrected chi connectivity index (χ3v) is 11.1. The van der Waals surface area contributed by atoms with Crippen LogP contribution in [0.2, 0.25) is 0 Å². The summed E-state index contributed by atoms with van der Waals surface area (Å²) >= 11 is 0. The largest absolute Gasteiger partial charge is 0.496 e. The molecule has 2 atom stereocenters. The van der Waals surface area contributed by atoms with Gasteiger partial charge in [0.05, 0.1) is 18.6 Å². The summed E-state index contributed by atoms with van der Waals surface area (Å²) < 4.78 is 18.4. The number of aliphatic carboxylic acids is 1. The molecule has 5 aliphatic rings. The van der Waals surface area contributed by atoms with E-state index in [0.29, 0.717) is 24.2 Å². The summed E-state index contributed by atoms with van der Waals surface area (Å²) in [4.78, 5) is 24.2. The molecule has 1 N–H and O–H groups in total. The van der Waals surface area contributed by atoms with Gasteiger partial charge in [-0.3, -0.25) is 9.59 Å². The van der Waals surface area contributed by atoms with Crippen molar-refractivity contribution in [1.29, 1.82) is 0 Å². The number of benzene rings is 1. The van der Waals surface area contributed by atoms with E-state index in [0.717, 1.165) is 72.7 Å². The summed E-state index contributed by atoms with van der Waals surface area (Å²) in [6.45, 7) is 22.2. The quantitative estimate of drug-likeness (QED) is 0.184. The number of carboxylic acid groups (broad SMARTS) is 1. The van der Waals surface area contributed by atoms with E-state index in [4.69, 9.17) is 19.3 Å². The van der Waals surface area contributed by atoms with Gasteiger partial charge in [-0.05, 0) is 130 Å². The van der Waals surface area contributed by atoms with E-state index in [1.54, 1.807) is 33.5 Å². The first-order valence-electron chi connectivity index (χ1n) is 19.2. The van der Waals surface area contributed by atoms with Gasteiger partial charge >= 0.3 is 5.97 Å². The standard InChI is InChI=1S/C39H52O4.C5H10O2.H2/c1-8-29(9-2)43-35-22-30-23(3)27(18-32(30)36(25-10-11-25)37(35)26-12-13-26)21-34(40)28-19-31(24-14-16-42-17-15-24)38(41-7)33(20-28)39(4,5)6;1-5(2,3)4(6)7;/h18-20,22,24-27,29-30H,3,8-17,21H2,1-2,4-7H3;1-3H3,(H,6,7);1H. The second-order valence-electron chi connectivity index (χ2n) is 17.2. The number of carbonyl (C=O) groups excluding carboxylic acids is 1. The van der Waals surface area contributed by atoms with Crippen molar-refractivity contribution in [2.75, 3.05) is 20.3 Å². The molecule has 276 valence electrons. The van der Waals surface area contributed by atoms with Crippen molar-refractivity contribution in [1.82, 2.24) is 0 Å². The van der Waals surface area contributed by atoms with Crippen molar-refractivity contribution < 1.29 is 30.3 Å². The molecule has 1 heterocycles. The lowest BCUT2D eigenvalue weighted by atomic mass is 9.78. The van der Waals surface area contributed by atoms with E-state index >= 15 is 0 Å². The SMILES string of the molecule is C=C1C(CC(=O)c2cc(C3CCOCC3)c(OC)c(C(C)(C)C)c2)C=C2C(C3CC3)=C(C3CC3)C(OC(CC)CC)=CC12.CC(C)(C)C(=O)O.[HH]. The first-order chi connectivity index (χ1) is 23.6. The van der Waals surface area contributed by atoms with Gasteiger partial charge in [0.25, 0.3) is 0 Å². The predicted molar refractivity (Wildman–Crippen MR) is 203 cm³/mol. The Morgan fingerprint density at radius 2 is 1.50 bits per heavy atom. The fourth-order valence-corrected chi connectivity index (χ4v) is 7.62. The van der Waals surface area contributed by atoms with Crippen LogP contribution in [-0.2, 0) is 19.7 Å². The Morgan fingerprint density at radius 1 is 0.920 bits per heavy atom. The molecule has 0 aromatic heterocycles. The van der Waals surface area contributed by atoms with Gasteiger partial charge in [0.15, 0.2) is 5.78 Å². The van der Waals surface area contributed by atoms with Crippen molar-refractivity contribution in [3.05, 3.63) is 75.6 Å². The molecule has 4 aliphatic carbocycles. The van der Waals surface area contributed by atoms with Gasteiger partial charge in [0, 0.05) is 49.6 Å². The number of methoxy groups -OCH3 is 1. The van der Waals surface area contributed by atoms with E-state index in [-0.39, 0.29) is 30.6 Å². The van der Waals surface area contributed by atoms with Gasteiger partial charge in [-0.25, -0.2) is 0 Å². The molecule has 0 spiro atoms. The van der Waals surface area contributed by atoms with E-state index in [1.807, 2.05) is 0 Å². The monoisotopic (exact) mass is 688 g/mol. The van der Waals surface area contributed by atoms with Crippen LogP contribution in [0, 0.1) is 29.1 Å². The van der Waals surface area contributed by atoms with Crippen LogP contribution in [0.15, 0.2) is 58.9 Å². The van der Waals surface area contributed by atoms with Crippen LogP contribution in [0.4, 0.5) is 0 Å². The maximum absolute atomic E-state index is 14.2. The second-order valence-corrected chi connectivity index (χ2v) is 17.2. The topological polar surface area (TPSA) is 82.1 Å². The van der Waals surface area contributed by atoms with Gasteiger partial charge in [-0.2, -0.15) is 0 Å². The van der Waals surface area contributed by atoms with Crippen LogP contribution < -0.4 is 4.74 Å². The zero-order valence-corrected chi connectivity index (χ0v) is 32.2. The number of carboxylic acids is 1. The third-order valence-electron chi connectivity index (χ3n) is 11.1. The summed E-state index contributed by atoms with van der Waals surface area (Å²) in [5.41, 5.74) is 7.97. The van der Waals surface area contributed by atoms with Crippen molar-refractivity contribution in [2.45, 2.75) is 131 Å². The fourth-order valence-electron chi connectivity index (χ4n) is 7.62.